The van der Waals surface area contributed by atoms with Crippen molar-refractivity contribution in [3.63, 3.8) is 0 Å². The van der Waals surface area contributed by atoms with Crippen molar-refractivity contribution >= 4 is 11.8 Å². The Balaban J connectivity index is 1.92. The lowest BCUT2D eigenvalue weighted by Gasteiger charge is -2.22. The molecule has 1 aromatic rings. The van der Waals surface area contributed by atoms with Crippen molar-refractivity contribution in [2.75, 3.05) is 5.32 Å². The number of benzene rings is 1. The first-order valence-electron chi connectivity index (χ1n) is 6.70. The summed E-state index contributed by atoms with van der Waals surface area (Å²) in [7, 11) is 0. The second-order valence-electron chi connectivity index (χ2n) is 5.04. The minimum Gasteiger partial charge on any atom is -0.446 e. The van der Waals surface area contributed by atoms with E-state index in [-0.39, 0.29) is 12.2 Å². The third-order valence-electron chi connectivity index (χ3n) is 3.67. The van der Waals surface area contributed by atoms with Crippen LogP contribution in [-0.4, -0.2) is 12.2 Å². The zero-order chi connectivity index (χ0) is 13.0. The molecule has 0 unspecified atom stereocenters. The minimum absolute atomic E-state index is 0.101. The maximum absolute atomic E-state index is 11.8. The lowest BCUT2D eigenvalue weighted by molar-refractivity contribution is 0.0865. The van der Waals surface area contributed by atoms with Crippen molar-refractivity contribution in [3.8, 4) is 0 Å². The molecule has 1 aromatic carbocycles. The summed E-state index contributed by atoms with van der Waals surface area (Å²) in [4.78, 5) is 11.8. The van der Waals surface area contributed by atoms with Gasteiger partial charge >= 0.3 is 6.09 Å². The quantitative estimate of drug-likeness (QED) is 0.851. The second kappa shape index (κ2) is 5.89. The molecule has 0 bridgehead atoms. The Bertz CT molecular complexity index is 423. The maximum atomic E-state index is 11.8. The number of hydrogen-bond acceptors (Lipinski definition) is 2. The number of aryl methyl sites for hydroxylation is 1. The molecule has 0 aromatic heterocycles. The highest BCUT2D eigenvalue weighted by Gasteiger charge is 2.18. The van der Waals surface area contributed by atoms with Crippen LogP contribution in [0.3, 0.4) is 0 Å². The number of ether oxygens (including phenoxy) is 1. The molecule has 2 rings (SSSR count). The lowest BCUT2D eigenvalue weighted by Crippen LogP contribution is -2.24. The Kier molecular flexibility index (Phi) is 4.24. The van der Waals surface area contributed by atoms with E-state index in [0.717, 1.165) is 24.1 Å². The molecule has 1 fully saturated rings. The fraction of sp³-hybridized carbons (Fsp3) is 0.533. The molecule has 3 heteroatoms. The highest BCUT2D eigenvalue weighted by atomic mass is 16.6. The monoisotopic (exact) mass is 247 g/mol. The number of carbonyl (C=O) groups excluding carboxylic acids is 1. The summed E-state index contributed by atoms with van der Waals surface area (Å²) in [5, 5.41) is 2.84. The van der Waals surface area contributed by atoms with Crippen LogP contribution in [0, 0.1) is 13.8 Å². The van der Waals surface area contributed by atoms with Gasteiger partial charge in [-0.2, -0.15) is 0 Å². The van der Waals surface area contributed by atoms with Crippen LogP contribution >= 0.6 is 0 Å². The third kappa shape index (κ3) is 3.25. The zero-order valence-corrected chi connectivity index (χ0v) is 11.2. The van der Waals surface area contributed by atoms with E-state index in [9.17, 15) is 4.79 Å². The van der Waals surface area contributed by atoms with E-state index in [1.165, 1.54) is 24.8 Å². The predicted octanol–water partition coefficient (Wildman–Crippen LogP) is 4.18. The summed E-state index contributed by atoms with van der Waals surface area (Å²) in [6, 6.07) is 5.88. The number of hydrogen-bond donors (Lipinski definition) is 1. The largest absolute Gasteiger partial charge is 0.446 e. The number of rotatable bonds is 2. The van der Waals surface area contributed by atoms with E-state index in [2.05, 4.69) is 5.32 Å². The number of carbonyl (C=O) groups is 1. The smallest absolute Gasteiger partial charge is 0.411 e. The van der Waals surface area contributed by atoms with E-state index in [0.29, 0.717) is 0 Å². The molecule has 0 aliphatic heterocycles. The number of nitrogens with one attached hydrogen (secondary N) is 1. The van der Waals surface area contributed by atoms with Crippen LogP contribution in [0.15, 0.2) is 18.2 Å². The van der Waals surface area contributed by atoms with Crippen LogP contribution in [-0.2, 0) is 4.74 Å². The van der Waals surface area contributed by atoms with Gasteiger partial charge in [-0.25, -0.2) is 4.79 Å². The third-order valence-corrected chi connectivity index (χ3v) is 3.67. The Morgan fingerprint density at radius 2 is 1.94 bits per heavy atom. The summed E-state index contributed by atoms with van der Waals surface area (Å²) in [5.74, 6) is 0. The van der Waals surface area contributed by atoms with Gasteiger partial charge in [0.15, 0.2) is 0 Å². The Morgan fingerprint density at radius 3 is 2.67 bits per heavy atom. The summed E-state index contributed by atoms with van der Waals surface area (Å²) < 4.78 is 5.44. The number of anilines is 1. The maximum Gasteiger partial charge on any atom is 0.411 e. The molecular weight excluding hydrogens is 226 g/mol. The molecule has 1 amide bonds. The van der Waals surface area contributed by atoms with Crippen molar-refractivity contribution in [1.82, 2.24) is 0 Å². The van der Waals surface area contributed by atoms with Gasteiger partial charge in [-0.15, -0.1) is 0 Å². The molecule has 98 valence electrons. The topological polar surface area (TPSA) is 38.3 Å². The van der Waals surface area contributed by atoms with Gasteiger partial charge in [-0.05, 0) is 56.7 Å². The fourth-order valence-electron chi connectivity index (χ4n) is 2.36. The van der Waals surface area contributed by atoms with Crippen LogP contribution in [0.4, 0.5) is 10.5 Å². The van der Waals surface area contributed by atoms with Crippen molar-refractivity contribution < 1.29 is 9.53 Å². The molecule has 18 heavy (non-hydrogen) atoms. The van der Waals surface area contributed by atoms with Crippen LogP contribution in [0.1, 0.15) is 43.2 Å². The van der Waals surface area contributed by atoms with Gasteiger partial charge in [0.05, 0.1) is 0 Å². The molecule has 1 N–H and O–H groups in total. The summed E-state index contributed by atoms with van der Waals surface area (Å²) in [6.07, 6.45) is 5.38. The van der Waals surface area contributed by atoms with E-state index < -0.39 is 0 Å². The molecule has 1 saturated carbocycles. The molecule has 0 saturated heterocycles. The highest BCUT2D eigenvalue weighted by molar-refractivity contribution is 5.86. The van der Waals surface area contributed by atoms with Crippen LogP contribution in [0.2, 0.25) is 0 Å². The molecule has 0 atom stereocenters. The van der Waals surface area contributed by atoms with Crippen molar-refractivity contribution in [2.24, 2.45) is 0 Å². The highest BCUT2D eigenvalue weighted by Crippen LogP contribution is 2.22. The summed E-state index contributed by atoms with van der Waals surface area (Å²) >= 11 is 0. The van der Waals surface area contributed by atoms with Crippen LogP contribution in [0.5, 0.6) is 0 Å². The fourth-order valence-corrected chi connectivity index (χ4v) is 2.36. The zero-order valence-electron chi connectivity index (χ0n) is 11.2. The average molecular weight is 247 g/mol. The Labute approximate surface area is 109 Å². The summed E-state index contributed by atoms with van der Waals surface area (Å²) in [5.41, 5.74) is 3.11. The minimum atomic E-state index is -0.324. The first kappa shape index (κ1) is 12.9. The van der Waals surface area contributed by atoms with Gasteiger partial charge < -0.3 is 4.74 Å². The first-order chi connectivity index (χ1) is 8.66. The lowest BCUT2D eigenvalue weighted by atomic mass is 9.98. The van der Waals surface area contributed by atoms with E-state index in [1.54, 1.807) is 0 Å². The number of amides is 1. The molecule has 0 spiro atoms. The molecular formula is C15H21NO2. The molecule has 1 aliphatic rings. The van der Waals surface area contributed by atoms with E-state index in [4.69, 9.17) is 4.74 Å². The van der Waals surface area contributed by atoms with Gasteiger partial charge in [0.2, 0.25) is 0 Å². The average Bonchev–Trinajstić information content (AvgIpc) is 2.36. The standard InChI is InChI=1S/C15H21NO2/c1-11-7-6-10-14(12(11)2)16-15(17)18-13-8-4-3-5-9-13/h6-7,10,13H,3-5,8-9H2,1-2H3,(H,16,17). The van der Waals surface area contributed by atoms with Gasteiger partial charge in [-0.1, -0.05) is 18.6 Å². The SMILES string of the molecule is Cc1cccc(NC(=O)OC2CCCCC2)c1C. The Hall–Kier alpha value is -1.51. The second-order valence-corrected chi connectivity index (χ2v) is 5.04. The van der Waals surface area contributed by atoms with Gasteiger partial charge in [0.1, 0.15) is 6.10 Å². The van der Waals surface area contributed by atoms with Gasteiger partial charge in [0, 0.05) is 5.69 Å². The molecule has 3 nitrogen and oxygen atoms in total. The molecule has 1 aliphatic carbocycles. The van der Waals surface area contributed by atoms with Crippen molar-refractivity contribution in [1.29, 1.82) is 0 Å². The normalized spacial score (nSPS) is 16.3. The van der Waals surface area contributed by atoms with E-state index in [1.807, 2.05) is 32.0 Å². The van der Waals surface area contributed by atoms with Gasteiger partial charge in [-0.3, -0.25) is 5.32 Å². The van der Waals surface area contributed by atoms with Crippen molar-refractivity contribution in [3.05, 3.63) is 29.3 Å². The van der Waals surface area contributed by atoms with Crippen LogP contribution in [0.25, 0.3) is 0 Å². The molecule has 0 radical (unpaired) electrons. The van der Waals surface area contributed by atoms with Gasteiger partial charge in [0.25, 0.3) is 0 Å². The van der Waals surface area contributed by atoms with Crippen LogP contribution < -0.4 is 5.32 Å². The first-order valence-corrected chi connectivity index (χ1v) is 6.70. The van der Waals surface area contributed by atoms with Crippen molar-refractivity contribution in [2.45, 2.75) is 52.1 Å². The molecule has 0 heterocycles. The Morgan fingerprint density at radius 1 is 1.22 bits per heavy atom. The van der Waals surface area contributed by atoms with E-state index >= 15 is 0 Å². The predicted molar refractivity (Wildman–Crippen MR) is 72.9 cm³/mol. The summed E-state index contributed by atoms with van der Waals surface area (Å²) in [6.45, 7) is 4.04.